The van der Waals surface area contributed by atoms with Crippen LogP contribution in [-0.2, 0) is 9.59 Å². The third kappa shape index (κ3) is 7.23. The van der Waals surface area contributed by atoms with E-state index in [1.165, 1.54) is 0 Å². The SMILES string of the molecule is CCN(C)CCN(CCCC(N)=O)C(C)=O. The smallest absolute Gasteiger partial charge is 0.219 e. The molecule has 2 N–H and O–H groups in total. The van der Waals surface area contributed by atoms with Crippen molar-refractivity contribution in [1.29, 1.82) is 0 Å². The van der Waals surface area contributed by atoms with E-state index in [0.717, 1.165) is 13.1 Å². The van der Waals surface area contributed by atoms with Gasteiger partial charge in [-0.15, -0.1) is 0 Å². The second-order valence-electron chi connectivity index (χ2n) is 3.97. The van der Waals surface area contributed by atoms with Crippen molar-refractivity contribution in [3.8, 4) is 0 Å². The van der Waals surface area contributed by atoms with E-state index in [-0.39, 0.29) is 11.8 Å². The Bertz CT molecular complexity index is 231. The highest BCUT2D eigenvalue weighted by Crippen LogP contribution is 1.97. The summed E-state index contributed by atoms with van der Waals surface area (Å²) in [5.41, 5.74) is 5.05. The zero-order valence-corrected chi connectivity index (χ0v) is 10.5. The average molecular weight is 229 g/mol. The number of hydrogen-bond donors (Lipinski definition) is 1. The van der Waals surface area contributed by atoms with Crippen LogP contribution in [0.5, 0.6) is 0 Å². The molecule has 0 fully saturated rings. The number of carbonyl (C=O) groups excluding carboxylic acids is 2. The van der Waals surface area contributed by atoms with Crippen LogP contribution in [-0.4, -0.2) is 54.8 Å². The highest BCUT2D eigenvalue weighted by molar-refractivity contribution is 5.74. The number of rotatable bonds is 8. The first-order valence-electron chi connectivity index (χ1n) is 5.69. The fourth-order valence-electron chi connectivity index (χ4n) is 1.32. The minimum Gasteiger partial charge on any atom is -0.370 e. The van der Waals surface area contributed by atoms with Gasteiger partial charge < -0.3 is 15.5 Å². The Morgan fingerprint density at radius 3 is 2.25 bits per heavy atom. The van der Waals surface area contributed by atoms with Crippen molar-refractivity contribution in [3.63, 3.8) is 0 Å². The Morgan fingerprint density at radius 1 is 1.19 bits per heavy atom. The fraction of sp³-hybridized carbons (Fsp3) is 0.818. The summed E-state index contributed by atoms with van der Waals surface area (Å²) in [6.07, 6.45) is 0.984. The summed E-state index contributed by atoms with van der Waals surface area (Å²) in [7, 11) is 2.02. The van der Waals surface area contributed by atoms with Crippen molar-refractivity contribution < 1.29 is 9.59 Å². The van der Waals surface area contributed by atoms with Crippen LogP contribution in [0.15, 0.2) is 0 Å². The molecule has 0 saturated carbocycles. The molecular weight excluding hydrogens is 206 g/mol. The highest BCUT2D eigenvalue weighted by atomic mass is 16.2. The summed E-state index contributed by atoms with van der Waals surface area (Å²) in [6, 6.07) is 0. The van der Waals surface area contributed by atoms with Gasteiger partial charge in [0.05, 0.1) is 0 Å². The van der Waals surface area contributed by atoms with Gasteiger partial charge in [0, 0.05) is 33.0 Å². The van der Waals surface area contributed by atoms with Crippen LogP contribution in [0.3, 0.4) is 0 Å². The van der Waals surface area contributed by atoms with Gasteiger partial charge in [-0.05, 0) is 20.0 Å². The Labute approximate surface area is 97.6 Å². The predicted octanol–water partition coefficient (Wildman–Crippen LogP) is 0.0521. The molecule has 0 aliphatic carbocycles. The Balaban J connectivity index is 3.89. The van der Waals surface area contributed by atoms with Gasteiger partial charge in [0.15, 0.2) is 0 Å². The van der Waals surface area contributed by atoms with E-state index in [2.05, 4.69) is 11.8 Å². The average Bonchev–Trinajstić information content (AvgIpc) is 2.21. The number of amides is 2. The largest absolute Gasteiger partial charge is 0.370 e. The molecule has 0 atom stereocenters. The second-order valence-corrected chi connectivity index (χ2v) is 3.97. The van der Waals surface area contributed by atoms with Gasteiger partial charge in [0.1, 0.15) is 0 Å². The van der Waals surface area contributed by atoms with Crippen LogP contribution in [0.1, 0.15) is 26.7 Å². The monoisotopic (exact) mass is 229 g/mol. The lowest BCUT2D eigenvalue weighted by atomic mass is 10.2. The van der Waals surface area contributed by atoms with Gasteiger partial charge in [-0.3, -0.25) is 9.59 Å². The lowest BCUT2D eigenvalue weighted by molar-refractivity contribution is -0.129. The lowest BCUT2D eigenvalue weighted by Gasteiger charge is -2.23. The summed E-state index contributed by atoms with van der Waals surface area (Å²) >= 11 is 0. The van der Waals surface area contributed by atoms with Crippen molar-refractivity contribution in [2.75, 3.05) is 33.2 Å². The summed E-state index contributed by atoms with van der Waals surface area (Å²) in [6.45, 7) is 6.76. The van der Waals surface area contributed by atoms with Gasteiger partial charge in [-0.25, -0.2) is 0 Å². The Morgan fingerprint density at radius 2 is 1.81 bits per heavy atom. The topological polar surface area (TPSA) is 66.6 Å². The third-order valence-electron chi connectivity index (χ3n) is 2.59. The Kier molecular flexibility index (Phi) is 7.54. The molecule has 5 nitrogen and oxygen atoms in total. The molecule has 5 heteroatoms. The third-order valence-corrected chi connectivity index (χ3v) is 2.59. The van der Waals surface area contributed by atoms with Crippen molar-refractivity contribution in [2.45, 2.75) is 26.7 Å². The minimum absolute atomic E-state index is 0.0500. The normalized spacial score (nSPS) is 10.5. The molecule has 0 aromatic carbocycles. The molecule has 0 aliphatic heterocycles. The number of nitrogens with zero attached hydrogens (tertiary/aromatic N) is 2. The van der Waals surface area contributed by atoms with Crippen LogP contribution in [0.4, 0.5) is 0 Å². The molecule has 0 saturated heterocycles. The molecule has 2 amide bonds. The number of likely N-dealkylation sites (N-methyl/N-ethyl adjacent to an activating group) is 1. The molecule has 0 heterocycles. The Hall–Kier alpha value is -1.10. The van der Waals surface area contributed by atoms with Crippen LogP contribution in [0.2, 0.25) is 0 Å². The maximum atomic E-state index is 11.3. The van der Waals surface area contributed by atoms with E-state index in [0.29, 0.717) is 25.9 Å². The van der Waals surface area contributed by atoms with E-state index >= 15 is 0 Å². The summed E-state index contributed by atoms with van der Waals surface area (Å²) < 4.78 is 0. The zero-order chi connectivity index (χ0) is 12.6. The maximum absolute atomic E-state index is 11.3. The summed E-state index contributed by atoms with van der Waals surface area (Å²) in [4.78, 5) is 25.8. The molecule has 16 heavy (non-hydrogen) atoms. The van der Waals surface area contributed by atoms with Crippen molar-refractivity contribution in [3.05, 3.63) is 0 Å². The number of carbonyl (C=O) groups is 2. The molecule has 0 radical (unpaired) electrons. The van der Waals surface area contributed by atoms with Crippen molar-refractivity contribution in [2.24, 2.45) is 5.73 Å². The molecule has 0 aromatic rings. The van der Waals surface area contributed by atoms with Crippen molar-refractivity contribution in [1.82, 2.24) is 9.80 Å². The van der Waals surface area contributed by atoms with Crippen LogP contribution < -0.4 is 5.73 Å². The van der Waals surface area contributed by atoms with Crippen LogP contribution in [0, 0.1) is 0 Å². The van der Waals surface area contributed by atoms with Gasteiger partial charge in [-0.2, -0.15) is 0 Å². The van der Waals surface area contributed by atoms with E-state index in [4.69, 9.17) is 5.73 Å². The zero-order valence-electron chi connectivity index (χ0n) is 10.5. The van der Waals surface area contributed by atoms with E-state index < -0.39 is 0 Å². The molecule has 0 aliphatic rings. The van der Waals surface area contributed by atoms with Gasteiger partial charge in [-0.1, -0.05) is 6.92 Å². The number of primary amides is 1. The first-order valence-corrected chi connectivity index (χ1v) is 5.69. The molecule has 0 aromatic heterocycles. The molecule has 94 valence electrons. The van der Waals surface area contributed by atoms with Gasteiger partial charge in [0.2, 0.25) is 11.8 Å². The van der Waals surface area contributed by atoms with Gasteiger partial charge >= 0.3 is 0 Å². The number of hydrogen-bond acceptors (Lipinski definition) is 3. The van der Waals surface area contributed by atoms with E-state index in [1.807, 2.05) is 7.05 Å². The minimum atomic E-state index is -0.311. The first kappa shape index (κ1) is 14.9. The summed E-state index contributed by atoms with van der Waals surface area (Å²) in [5, 5.41) is 0. The standard InChI is InChI=1S/C11H23N3O2/c1-4-13(3)8-9-14(10(2)15)7-5-6-11(12)16/h4-9H2,1-3H3,(H2,12,16). The quantitative estimate of drug-likeness (QED) is 0.639. The predicted molar refractivity (Wildman–Crippen MR) is 63.9 cm³/mol. The molecule has 0 unspecified atom stereocenters. The van der Waals surface area contributed by atoms with Gasteiger partial charge in [0.25, 0.3) is 0 Å². The fourth-order valence-corrected chi connectivity index (χ4v) is 1.32. The lowest BCUT2D eigenvalue weighted by Crippen LogP contribution is -2.37. The first-order chi connectivity index (χ1) is 7.47. The van der Waals surface area contributed by atoms with Crippen LogP contribution in [0.25, 0.3) is 0 Å². The second kappa shape index (κ2) is 8.10. The van der Waals surface area contributed by atoms with Crippen LogP contribution >= 0.6 is 0 Å². The highest BCUT2D eigenvalue weighted by Gasteiger charge is 2.09. The molecular formula is C11H23N3O2. The van der Waals surface area contributed by atoms with E-state index in [1.54, 1.807) is 11.8 Å². The molecule has 0 spiro atoms. The number of nitrogens with two attached hydrogens (primary N) is 1. The maximum Gasteiger partial charge on any atom is 0.219 e. The van der Waals surface area contributed by atoms with Crippen molar-refractivity contribution >= 4 is 11.8 Å². The van der Waals surface area contributed by atoms with E-state index in [9.17, 15) is 9.59 Å². The summed E-state index contributed by atoms with van der Waals surface area (Å²) in [5.74, 6) is -0.261. The molecule has 0 bridgehead atoms. The molecule has 0 rings (SSSR count).